The topological polar surface area (TPSA) is 98.3 Å². The average Bonchev–Trinajstić information content (AvgIpc) is 3.31. The van der Waals surface area contributed by atoms with Crippen molar-refractivity contribution < 1.29 is 27.4 Å². The van der Waals surface area contributed by atoms with Gasteiger partial charge in [-0.2, -0.15) is 0 Å². The molecule has 0 unspecified atom stereocenters. The Labute approximate surface area is 229 Å². The molecular weight excluding hydrogens is 526 g/mol. The molecule has 0 aliphatic carbocycles. The van der Waals surface area contributed by atoms with Crippen LogP contribution >= 0.6 is 11.3 Å². The number of likely N-dealkylation sites (N-methyl/N-ethyl adjacent to an activating group) is 1. The van der Waals surface area contributed by atoms with Gasteiger partial charge in [-0.05, 0) is 64.2 Å². The Bertz CT molecular complexity index is 1330. The van der Waals surface area contributed by atoms with Gasteiger partial charge in [0.15, 0.2) is 26.5 Å². The highest BCUT2D eigenvalue weighted by Gasteiger charge is 2.26. The van der Waals surface area contributed by atoms with Gasteiger partial charge < -0.3 is 19.1 Å². The summed E-state index contributed by atoms with van der Waals surface area (Å²) in [5.41, 5.74) is 1.02. The molecule has 0 atom stereocenters. The van der Waals surface area contributed by atoms with E-state index in [1.165, 1.54) is 17.6 Å². The van der Waals surface area contributed by atoms with Gasteiger partial charge in [0.1, 0.15) is 0 Å². The number of sulfone groups is 1. The molecule has 0 saturated carbocycles. The number of carbonyl (C=O) groups excluding carboxylic acids is 1. The van der Waals surface area contributed by atoms with Gasteiger partial charge in [-0.15, -0.1) is 0 Å². The number of nitrogens with zero attached hydrogens (tertiary/aromatic N) is 3. The molecule has 208 valence electrons. The summed E-state index contributed by atoms with van der Waals surface area (Å²) in [5.74, 6) is 1.09. The maximum Gasteiger partial charge on any atom is 0.260 e. The van der Waals surface area contributed by atoms with Gasteiger partial charge in [0.25, 0.3) is 5.91 Å². The van der Waals surface area contributed by atoms with Gasteiger partial charge in [-0.25, -0.2) is 13.4 Å². The van der Waals surface area contributed by atoms with Gasteiger partial charge in [-0.1, -0.05) is 25.2 Å². The number of fused-ring (bicyclic) bond motifs is 1. The van der Waals surface area contributed by atoms with E-state index in [0.717, 1.165) is 13.1 Å². The van der Waals surface area contributed by atoms with E-state index in [4.69, 9.17) is 19.2 Å². The molecule has 0 N–H and O–H groups in total. The third kappa shape index (κ3) is 6.95. The normalized spacial score (nSPS) is 11.7. The van der Waals surface area contributed by atoms with E-state index in [0.29, 0.717) is 71.1 Å². The molecule has 1 aromatic heterocycles. The van der Waals surface area contributed by atoms with Crippen molar-refractivity contribution in [3.05, 3.63) is 35.9 Å². The zero-order valence-electron chi connectivity index (χ0n) is 22.9. The van der Waals surface area contributed by atoms with Crippen molar-refractivity contribution in [1.29, 1.82) is 0 Å². The fourth-order valence-corrected chi connectivity index (χ4v) is 5.72. The first-order valence-electron chi connectivity index (χ1n) is 12.9. The summed E-state index contributed by atoms with van der Waals surface area (Å²) < 4.78 is 42.3. The van der Waals surface area contributed by atoms with E-state index >= 15 is 0 Å². The first kappa shape index (κ1) is 29.7. The van der Waals surface area contributed by atoms with Crippen LogP contribution in [0.5, 0.6) is 17.2 Å². The number of benzene rings is 2. The molecule has 0 spiro atoms. The Hall–Kier alpha value is -2.89. The number of anilines is 1. The molecular formula is C27H37N3O6S2. The van der Waals surface area contributed by atoms with Crippen molar-refractivity contribution in [2.45, 2.75) is 39.5 Å². The van der Waals surface area contributed by atoms with Gasteiger partial charge in [-0.3, -0.25) is 9.69 Å². The molecule has 2 aromatic carbocycles. The van der Waals surface area contributed by atoms with E-state index in [9.17, 15) is 13.2 Å². The standard InChI is InChI=1S/C27H37N3O6S2/c1-7-29(8-2)14-15-30(27-28-21-13-12-20(38(6,32)33)18-24(21)37-27)26(31)19-16-22(34-9-3)25(36-11-5)23(17-19)35-10-4/h12-13,16-18H,7-11,14-15H2,1-6H3. The van der Waals surface area contributed by atoms with Crippen molar-refractivity contribution in [3.8, 4) is 17.2 Å². The third-order valence-corrected chi connectivity index (χ3v) is 8.09. The second kappa shape index (κ2) is 13.3. The first-order chi connectivity index (χ1) is 18.2. The van der Waals surface area contributed by atoms with Crippen LogP contribution in [0.3, 0.4) is 0 Å². The van der Waals surface area contributed by atoms with Crippen molar-refractivity contribution in [1.82, 2.24) is 9.88 Å². The van der Waals surface area contributed by atoms with Gasteiger partial charge >= 0.3 is 0 Å². The fourth-order valence-electron chi connectivity index (χ4n) is 3.97. The molecule has 38 heavy (non-hydrogen) atoms. The number of rotatable bonds is 14. The molecule has 0 aliphatic heterocycles. The summed E-state index contributed by atoms with van der Waals surface area (Å²) in [4.78, 5) is 22.8. The molecule has 11 heteroatoms. The van der Waals surface area contributed by atoms with E-state index < -0.39 is 9.84 Å². The molecule has 0 saturated heterocycles. The van der Waals surface area contributed by atoms with Crippen molar-refractivity contribution in [2.75, 3.05) is 57.2 Å². The lowest BCUT2D eigenvalue weighted by Crippen LogP contribution is -2.38. The minimum atomic E-state index is -3.37. The Morgan fingerprint density at radius 2 is 1.50 bits per heavy atom. The van der Waals surface area contributed by atoms with Crippen LogP contribution in [0.2, 0.25) is 0 Å². The highest BCUT2D eigenvalue weighted by atomic mass is 32.2. The summed E-state index contributed by atoms with van der Waals surface area (Å²) in [5, 5.41) is 0.493. The average molecular weight is 564 g/mol. The highest BCUT2D eigenvalue weighted by molar-refractivity contribution is 7.90. The smallest absolute Gasteiger partial charge is 0.260 e. The summed E-state index contributed by atoms with van der Waals surface area (Å²) in [7, 11) is -3.37. The van der Waals surface area contributed by atoms with Crippen LogP contribution in [-0.4, -0.2) is 76.5 Å². The molecule has 0 radical (unpaired) electrons. The predicted octanol–water partition coefficient (Wildman–Crippen LogP) is 4.88. The van der Waals surface area contributed by atoms with Crippen LogP contribution < -0.4 is 19.1 Å². The minimum absolute atomic E-state index is 0.218. The van der Waals surface area contributed by atoms with Gasteiger partial charge in [0.05, 0.1) is 34.9 Å². The SMILES string of the molecule is CCOc1cc(C(=O)N(CCN(CC)CC)c2nc3ccc(S(C)(=O)=O)cc3s2)cc(OCC)c1OCC. The van der Waals surface area contributed by atoms with Gasteiger partial charge in [0, 0.05) is 24.9 Å². The van der Waals surface area contributed by atoms with Crippen LogP contribution in [0.1, 0.15) is 45.0 Å². The lowest BCUT2D eigenvalue weighted by Gasteiger charge is -2.25. The Kier molecular flexibility index (Phi) is 10.3. The van der Waals surface area contributed by atoms with Crippen molar-refractivity contribution >= 4 is 42.4 Å². The number of hydrogen-bond donors (Lipinski definition) is 0. The lowest BCUT2D eigenvalue weighted by molar-refractivity contribution is 0.0982. The van der Waals surface area contributed by atoms with Crippen LogP contribution in [0, 0.1) is 0 Å². The molecule has 0 fully saturated rings. The monoisotopic (exact) mass is 563 g/mol. The van der Waals surface area contributed by atoms with Crippen LogP contribution in [0.25, 0.3) is 10.2 Å². The first-order valence-corrected chi connectivity index (χ1v) is 15.6. The third-order valence-electron chi connectivity index (χ3n) is 5.94. The molecule has 3 aromatic rings. The van der Waals surface area contributed by atoms with Crippen molar-refractivity contribution in [3.63, 3.8) is 0 Å². The number of carbonyl (C=O) groups is 1. The summed E-state index contributed by atoms with van der Waals surface area (Å²) in [6.07, 6.45) is 1.17. The number of ether oxygens (including phenoxy) is 3. The van der Waals surface area contributed by atoms with E-state index in [1.807, 2.05) is 20.8 Å². The van der Waals surface area contributed by atoms with Crippen LogP contribution in [0.15, 0.2) is 35.2 Å². The molecule has 1 amide bonds. The zero-order valence-corrected chi connectivity index (χ0v) is 24.6. The van der Waals surface area contributed by atoms with Crippen LogP contribution in [-0.2, 0) is 9.84 Å². The largest absolute Gasteiger partial charge is 0.490 e. The summed E-state index contributed by atoms with van der Waals surface area (Å²) >= 11 is 1.29. The molecule has 1 heterocycles. The van der Waals surface area contributed by atoms with Gasteiger partial charge in [0.2, 0.25) is 5.75 Å². The maximum atomic E-state index is 14.0. The number of hydrogen-bond acceptors (Lipinski definition) is 9. The van der Waals surface area contributed by atoms with E-state index in [1.54, 1.807) is 35.2 Å². The zero-order chi connectivity index (χ0) is 27.9. The molecule has 0 aliphatic rings. The minimum Gasteiger partial charge on any atom is -0.490 e. The number of thiazole rings is 1. The number of aromatic nitrogens is 1. The lowest BCUT2D eigenvalue weighted by atomic mass is 10.1. The molecule has 3 rings (SSSR count). The summed E-state index contributed by atoms with van der Waals surface area (Å²) in [6.45, 7) is 13.7. The predicted molar refractivity (Wildman–Crippen MR) is 152 cm³/mol. The van der Waals surface area contributed by atoms with E-state index in [-0.39, 0.29) is 10.8 Å². The van der Waals surface area contributed by atoms with Crippen LogP contribution in [0.4, 0.5) is 5.13 Å². The van der Waals surface area contributed by atoms with E-state index in [2.05, 4.69) is 18.7 Å². The second-order valence-corrected chi connectivity index (χ2v) is 11.5. The van der Waals surface area contributed by atoms with Crippen molar-refractivity contribution in [2.24, 2.45) is 0 Å². The Morgan fingerprint density at radius 3 is 2.03 bits per heavy atom. The second-order valence-electron chi connectivity index (χ2n) is 8.48. The number of amides is 1. The summed E-state index contributed by atoms with van der Waals surface area (Å²) in [6, 6.07) is 8.18. The fraction of sp³-hybridized carbons (Fsp3) is 0.481. The Balaban J connectivity index is 2.11. The maximum absolute atomic E-state index is 14.0. The quantitative estimate of drug-likeness (QED) is 0.274. The molecule has 0 bridgehead atoms. The highest BCUT2D eigenvalue weighted by Crippen LogP contribution is 2.40. The Morgan fingerprint density at radius 1 is 0.895 bits per heavy atom. The molecule has 9 nitrogen and oxygen atoms in total.